The van der Waals surface area contributed by atoms with Crippen molar-refractivity contribution in [3.8, 4) is 0 Å². The topological polar surface area (TPSA) is 24.5 Å². The second-order valence-electron chi connectivity index (χ2n) is 6.19. The Morgan fingerprint density at radius 2 is 2.00 bits per heavy atom. The molecule has 1 atom stereocenters. The van der Waals surface area contributed by atoms with E-state index < -0.39 is 0 Å². The molecule has 1 fully saturated rings. The van der Waals surface area contributed by atoms with Gasteiger partial charge in [0.05, 0.1) is 12.2 Å². The van der Waals surface area contributed by atoms with Gasteiger partial charge >= 0.3 is 0 Å². The van der Waals surface area contributed by atoms with Gasteiger partial charge in [-0.3, -0.25) is 4.90 Å². The molecule has 0 aromatic rings. The lowest BCUT2D eigenvalue weighted by molar-refractivity contribution is -0.0971. The van der Waals surface area contributed by atoms with Crippen LogP contribution in [0.5, 0.6) is 0 Å². The molecule has 102 valence electrons. The van der Waals surface area contributed by atoms with Crippen LogP contribution >= 0.6 is 0 Å². The van der Waals surface area contributed by atoms with Gasteiger partial charge in [0.25, 0.3) is 0 Å². The third-order valence-electron chi connectivity index (χ3n) is 3.38. The van der Waals surface area contributed by atoms with E-state index >= 15 is 0 Å². The number of nitrogens with one attached hydrogen (secondary N) is 1. The average molecular weight is 242 g/mol. The van der Waals surface area contributed by atoms with Crippen LogP contribution in [0.4, 0.5) is 0 Å². The van der Waals surface area contributed by atoms with E-state index in [1.165, 1.54) is 6.42 Å². The average Bonchev–Trinajstić information content (AvgIpc) is 2.22. The minimum Gasteiger partial charge on any atom is -0.373 e. The number of rotatable bonds is 6. The van der Waals surface area contributed by atoms with Crippen molar-refractivity contribution in [1.29, 1.82) is 0 Å². The summed E-state index contributed by atoms with van der Waals surface area (Å²) in [6.45, 7) is 16.4. The van der Waals surface area contributed by atoms with Crippen LogP contribution in [0.15, 0.2) is 0 Å². The molecule has 0 bridgehead atoms. The summed E-state index contributed by atoms with van der Waals surface area (Å²) in [5.74, 6) is 0.730. The highest BCUT2D eigenvalue weighted by atomic mass is 16.5. The van der Waals surface area contributed by atoms with E-state index in [1.807, 2.05) is 0 Å². The van der Waals surface area contributed by atoms with Crippen LogP contribution in [-0.4, -0.2) is 49.3 Å². The van der Waals surface area contributed by atoms with E-state index in [0.717, 1.165) is 38.7 Å². The zero-order chi connectivity index (χ0) is 12.9. The highest BCUT2D eigenvalue weighted by molar-refractivity contribution is 4.84. The smallest absolute Gasteiger partial charge is 0.0753 e. The molecular formula is C14H30N2O. The van der Waals surface area contributed by atoms with Gasteiger partial charge in [-0.15, -0.1) is 0 Å². The van der Waals surface area contributed by atoms with Crippen molar-refractivity contribution in [2.45, 2.75) is 52.7 Å². The normalized spacial score (nSPS) is 22.9. The maximum Gasteiger partial charge on any atom is 0.0753 e. The lowest BCUT2D eigenvalue weighted by Crippen LogP contribution is -2.54. The second-order valence-corrected chi connectivity index (χ2v) is 6.19. The first kappa shape index (κ1) is 14.9. The Morgan fingerprint density at radius 1 is 1.29 bits per heavy atom. The molecular weight excluding hydrogens is 212 g/mol. The number of hydrogen-bond donors (Lipinski definition) is 1. The lowest BCUT2D eigenvalue weighted by atomic mass is 10.0. The Bertz CT molecular complexity index is 216. The molecule has 1 rings (SSSR count). The number of hydrogen-bond acceptors (Lipinski definition) is 3. The molecule has 0 aromatic carbocycles. The molecule has 3 heteroatoms. The molecule has 1 N–H and O–H groups in total. The van der Waals surface area contributed by atoms with Gasteiger partial charge < -0.3 is 10.1 Å². The van der Waals surface area contributed by atoms with Crippen LogP contribution in [0.1, 0.15) is 41.0 Å². The third-order valence-corrected chi connectivity index (χ3v) is 3.38. The summed E-state index contributed by atoms with van der Waals surface area (Å²) in [6.07, 6.45) is 1.21. The second kappa shape index (κ2) is 6.72. The predicted molar refractivity (Wildman–Crippen MR) is 73.4 cm³/mol. The Hall–Kier alpha value is -0.120. The molecule has 1 aliphatic rings. The first-order valence-corrected chi connectivity index (χ1v) is 7.03. The summed E-state index contributed by atoms with van der Waals surface area (Å²) in [6, 6.07) is 0.650. The van der Waals surface area contributed by atoms with Gasteiger partial charge in [-0.05, 0) is 32.7 Å². The van der Waals surface area contributed by atoms with Crippen LogP contribution in [0, 0.1) is 5.92 Å². The van der Waals surface area contributed by atoms with Crippen molar-refractivity contribution in [3.05, 3.63) is 0 Å². The Morgan fingerprint density at radius 3 is 2.53 bits per heavy atom. The lowest BCUT2D eigenvalue weighted by Gasteiger charge is -2.42. The standard InChI is InChI=1S/C14H30N2O/c1-6-13(10-15-9-12(2)3)16-7-8-17-14(4,5)11-16/h12-13,15H,6-11H2,1-5H3. The molecule has 0 amide bonds. The molecule has 1 saturated heterocycles. The first-order valence-electron chi connectivity index (χ1n) is 7.03. The SMILES string of the molecule is CCC(CNCC(C)C)N1CCOC(C)(C)C1. The quantitative estimate of drug-likeness (QED) is 0.772. The number of nitrogens with zero attached hydrogens (tertiary/aromatic N) is 1. The van der Waals surface area contributed by atoms with Crippen molar-refractivity contribution in [2.24, 2.45) is 5.92 Å². The zero-order valence-corrected chi connectivity index (χ0v) is 12.3. The van der Waals surface area contributed by atoms with E-state index in [9.17, 15) is 0 Å². The molecule has 0 spiro atoms. The summed E-state index contributed by atoms with van der Waals surface area (Å²) < 4.78 is 5.77. The van der Waals surface area contributed by atoms with Crippen LogP contribution in [0.2, 0.25) is 0 Å². The van der Waals surface area contributed by atoms with Gasteiger partial charge in [-0.1, -0.05) is 20.8 Å². The van der Waals surface area contributed by atoms with Crippen molar-refractivity contribution in [3.63, 3.8) is 0 Å². The van der Waals surface area contributed by atoms with Gasteiger partial charge in [-0.2, -0.15) is 0 Å². The van der Waals surface area contributed by atoms with E-state index in [4.69, 9.17) is 4.74 Å². The van der Waals surface area contributed by atoms with Crippen molar-refractivity contribution >= 4 is 0 Å². The molecule has 1 aliphatic heterocycles. The molecule has 3 nitrogen and oxygen atoms in total. The first-order chi connectivity index (χ1) is 7.94. The van der Waals surface area contributed by atoms with Gasteiger partial charge in [-0.25, -0.2) is 0 Å². The highest BCUT2D eigenvalue weighted by Gasteiger charge is 2.30. The number of ether oxygens (including phenoxy) is 1. The summed E-state index contributed by atoms with van der Waals surface area (Å²) >= 11 is 0. The molecule has 0 radical (unpaired) electrons. The minimum absolute atomic E-state index is 0.0176. The number of morpholine rings is 1. The molecule has 17 heavy (non-hydrogen) atoms. The predicted octanol–water partition coefficient (Wildman–Crippen LogP) is 2.12. The van der Waals surface area contributed by atoms with E-state index in [0.29, 0.717) is 6.04 Å². The van der Waals surface area contributed by atoms with Crippen molar-refractivity contribution in [2.75, 3.05) is 32.8 Å². The molecule has 0 aromatic heterocycles. The Labute approximate surface area is 107 Å². The van der Waals surface area contributed by atoms with E-state index in [1.54, 1.807) is 0 Å². The summed E-state index contributed by atoms with van der Waals surface area (Å²) in [7, 11) is 0. The Balaban J connectivity index is 2.38. The summed E-state index contributed by atoms with van der Waals surface area (Å²) in [5, 5.41) is 3.58. The minimum atomic E-state index is 0.0176. The maximum absolute atomic E-state index is 5.77. The van der Waals surface area contributed by atoms with Crippen molar-refractivity contribution < 1.29 is 4.74 Å². The Kier molecular flexibility index (Phi) is 5.90. The fourth-order valence-electron chi connectivity index (χ4n) is 2.43. The van der Waals surface area contributed by atoms with Crippen LogP contribution in [0.25, 0.3) is 0 Å². The summed E-state index contributed by atoms with van der Waals surface area (Å²) in [4.78, 5) is 2.58. The van der Waals surface area contributed by atoms with Gasteiger partial charge in [0.1, 0.15) is 0 Å². The molecule has 0 aliphatic carbocycles. The molecule has 1 unspecified atom stereocenters. The fraction of sp³-hybridized carbons (Fsp3) is 1.00. The van der Waals surface area contributed by atoms with Crippen molar-refractivity contribution in [1.82, 2.24) is 10.2 Å². The van der Waals surface area contributed by atoms with Gasteiger partial charge in [0, 0.05) is 25.7 Å². The van der Waals surface area contributed by atoms with Crippen LogP contribution < -0.4 is 5.32 Å². The molecule has 0 saturated carbocycles. The van der Waals surface area contributed by atoms with E-state index in [-0.39, 0.29) is 5.60 Å². The van der Waals surface area contributed by atoms with E-state index in [2.05, 4.69) is 44.8 Å². The maximum atomic E-state index is 5.77. The largest absolute Gasteiger partial charge is 0.373 e. The third kappa shape index (κ3) is 5.36. The van der Waals surface area contributed by atoms with Crippen LogP contribution in [0.3, 0.4) is 0 Å². The summed E-state index contributed by atoms with van der Waals surface area (Å²) in [5.41, 5.74) is 0.0176. The van der Waals surface area contributed by atoms with Gasteiger partial charge in [0.2, 0.25) is 0 Å². The molecule has 1 heterocycles. The zero-order valence-electron chi connectivity index (χ0n) is 12.3. The fourth-order valence-corrected chi connectivity index (χ4v) is 2.43. The monoisotopic (exact) mass is 242 g/mol. The highest BCUT2D eigenvalue weighted by Crippen LogP contribution is 2.19. The van der Waals surface area contributed by atoms with Crippen LogP contribution in [-0.2, 0) is 4.74 Å². The van der Waals surface area contributed by atoms with Gasteiger partial charge in [0.15, 0.2) is 0 Å².